The normalized spacial score (nSPS) is 16.9. The van der Waals surface area contributed by atoms with Crippen LogP contribution in [0.5, 0.6) is 0 Å². The Morgan fingerprint density at radius 3 is 2.45 bits per heavy atom. The standard InChI is InChI=1S/C23H24N4O2/c1-4-16-11-13-18(14-12-16)21-25-22(29-26-21)19-15(3)27(5-2)23(28)24-20(19)17-9-7-6-8-10-17/h6-14,20H,4-5H2,1-3H3,(H,24,28). The highest BCUT2D eigenvalue weighted by molar-refractivity contribution is 5.86. The largest absolute Gasteiger partial charge is 0.334 e. The van der Waals surface area contributed by atoms with E-state index in [1.807, 2.05) is 56.3 Å². The molecule has 29 heavy (non-hydrogen) atoms. The van der Waals surface area contributed by atoms with Gasteiger partial charge in [0.2, 0.25) is 5.82 Å². The van der Waals surface area contributed by atoms with Crippen molar-refractivity contribution in [2.45, 2.75) is 33.2 Å². The second kappa shape index (κ2) is 7.91. The lowest BCUT2D eigenvalue weighted by molar-refractivity contribution is 0.207. The molecule has 3 aromatic rings. The molecule has 0 radical (unpaired) electrons. The molecule has 6 heteroatoms. The minimum Gasteiger partial charge on any atom is -0.334 e. The fraction of sp³-hybridized carbons (Fsp3) is 0.261. The van der Waals surface area contributed by atoms with Crippen molar-refractivity contribution in [3.8, 4) is 11.4 Å². The Labute approximate surface area is 170 Å². The summed E-state index contributed by atoms with van der Waals surface area (Å²) in [6.45, 7) is 6.55. The number of amides is 2. The van der Waals surface area contributed by atoms with E-state index in [-0.39, 0.29) is 12.1 Å². The lowest BCUT2D eigenvalue weighted by Gasteiger charge is -2.34. The van der Waals surface area contributed by atoms with Crippen molar-refractivity contribution in [1.29, 1.82) is 0 Å². The molecule has 4 rings (SSSR count). The zero-order valence-electron chi connectivity index (χ0n) is 16.8. The van der Waals surface area contributed by atoms with E-state index in [0.29, 0.717) is 18.3 Å². The Balaban J connectivity index is 1.78. The number of aromatic nitrogens is 2. The zero-order chi connectivity index (χ0) is 20.4. The van der Waals surface area contributed by atoms with Gasteiger partial charge in [-0.3, -0.25) is 4.90 Å². The van der Waals surface area contributed by atoms with Gasteiger partial charge in [0.25, 0.3) is 5.89 Å². The summed E-state index contributed by atoms with van der Waals surface area (Å²) < 4.78 is 5.67. The van der Waals surface area contributed by atoms with E-state index >= 15 is 0 Å². The smallest absolute Gasteiger partial charge is 0.322 e. The van der Waals surface area contributed by atoms with Crippen LogP contribution in [-0.4, -0.2) is 27.6 Å². The average molecular weight is 388 g/mol. The molecule has 6 nitrogen and oxygen atoms in total. The molecular weight excluding hydrogens is 364 g/mol. The molecule has 148 valence electrons. The third kappa shape index (κ3) is 3.53. The summed E-state index contributed by atoms with van der Waals surface area (Å²) in [6.07, 6.45) is 0.981. The number of urea groups is 1. The molecule has 1 atom stereocenters. The number of carbonyl (C=O) groups is 1. The Bertz CT molecular complexity index is 1040. The van der Waals surface area contributed by atoms with Crippen LogP contribution >= 0.6 is 0 Å². The summed E-state index contributed by atoms with van der Waals surface area (Å²) >= 11 is 0. The molecule has 0 fully saturated rings. The molecule has 2 heterocycles. The second-order valence-corrected chi connectivity index (χ2v) is 7.01. The van der Waals surface area contributed by atoms with Crippen LogP contribution in [-0.2, 0) is 6.42 Å². The minimum atomic E-state index is -0.345. The van der Waals surface area contributed by atoms with Gasteiger partial charge in [-0.15, -0.1) is 0 Å². The van der Waals surface area contributed by atoms with E-state index in [1.165, 1.54) is 5.56 Å². The number of aryl methyl sites for hydroxylation is 1. The maximum Gasteiger partial charge on any atom is 0.322 e. The SMILES string of the molecule is CCc1ccc(-c2noc(C3=C(C)N(CC)C(=O)NC3c3ccccc3)n2)cc1. The van der Waals surface area contributed by atoms with Crippen molar-refractivity contribution < 1.29 is 9.32 Å². The van der Waals surface area contributed by atoms with E-state index in [9.17, 15) is 4.79 Å². The van der Waals surface area contributed by atoms with Crippen molar-refractivity contribution in [1.82, 2.24) is 20.4 Å². The Morgan fingerprint density at radius 1 is 1.07 bits per heavy atom. The van der Waals surface area contributed by atoms with Gasteiger partial charge in [-0.2, -0.15) is 4.98 Å². The summed E-state index contributed by atoms with van der Waals surface area (Å²) in [5, 5.41) is 7.28. The number of nitrogens with one attached hydrogen (secondary N) is 1. The third-order valence-corrected chi connectivity index (χ3v) is 5.32. The van der Waals surface area contributed by atoms with Crippen LogP contribution < -0.4 is 5.32 Å². The molecule has 1 aromatic heterocycles. The molecule has 1 unspecified atom stereocenters. The first-order valence-electron chi connectivity index (χ1n) is 9.89. The lowest BCUT2D eigenvalue weighted by atomic mass is 9.95. The first-order valence-corrected chi connectivity index (χ1v) is 9.89. The monoisotopic (exact) mass is 388 g/mol. The van der Waals surface area contributed by atoms with Gasteiger partial charge in [-0.05, 0) is 31.4 Å². The van der Waals surface area contributed by atoms with Gasteiger partial charge in [0.1, 0.15) is 0 Å². The number of rotatable bonds is 5. The number of nitrogens with zero attached hydrogens (tertiary/aromatic N) is 3. The summed E-state index contributed by atoms with van der Waals surface area (Å²) in [4.78, 5) is 19.0. The molecule has 2 amide bonds. The predicted molar refractivity (Wildman–Crippen MR) is 112 cm³/mol. The number of carbonyl (C=O) groups excluding carboxylic acids is 1. The first kappa shape index (κ1) is 18.9. The maximum absolute atomic E-state index is 12.6. The molecule has 0 aliphatic carbocycles. The van der Waals surface area contributed by atoms with Gasteiger partial charge in [-0.25, -0.2) is 4.79 Å². The molecule has 0 spiro atoms. The first-order chi connectivity index (χ1) is 14.1. The predicted octanol–water partition coefficient (Wildman–Crippen LogP) is 4.82. The average Bonchev–Trinajstić information content (AvgIpc) is 3.24. The number of allylic oxidation sites excluding steroid dienone is 1. The summed E-state index contributed by atoms with van der Waals surface area (Å²) in [7, 11) is 0. The van der Waals surface area contributed by atoms with Crippen molar-refractivity contribution in [3.05, 3.63) is 77.3 Å². The van der Waals surface area contributed by atoms with E-state index in [0.717, 1.165) is 28.8 Å². The number of benzene rings is 2. The quantitative estimate of drug-likeness (QED) is 0.680. The van der Waals surface area contributed by atoms with Gasteiger partial charge in [0, 0.05) is 17.8 Å². The molecule has 1 aliphatic rings. The van der Waals surface area contributed by atoms with Gasteiger partial charge in [0.05, 0.1) is 11.6 Å². The summed E-state index contributed by atoms with van der Waals surface area (Å²) in [5.41, 5.74) is 4.77. The molecule has 2 aromatic carbocycles. The molecular formula is C23H24N4O2. The lowest BCUT2D eigenvalue weighted by Crippen LogP contribution is -2.45. The molecule has 0 saturated carbocycles. The third-order valence-electron chi connectivity index (χ3n) is 5.32. The van der Waals surface area contributed by atoms with Gasteiger partial charge < -0.3 is 9.84 Å². The number of hydrogen-bond acceptors (Lipinski definition) is 4. The van der Waals surface area contributed by atoms with Crippen molar-refractivity contribution in [2.24, 2.45) is 0 Å². The molecule has 1 aliphatic heterocycles. The van der Waals surface area contributed by atoms with Gasteiger partial charge in [0.15, 0.2) is 0 Å². The van der Waals surface area contributed by atoms with Gasteiger partial charge >= 0.3 is 6.03 Å². The van der Waals surface area contributed by atoms with E-state index in [2.05, 4.69) is 34.5 Å². The highest BCUT2D eigenvalue weighted by atomic mass is 16.5. The van der Waals surface area contributed by atoms with E-state index < -0.39 is 0 Å². The minimum absolute atomic E-state index is 0.127. The Hall–Kier alpha value is -3.41. The fourth-order valence-corrected chi connectivity index (χ4v) is 3.67. The van der Waals surface area contributed by atoms with Crippen LogP contribution in [0.3, 0.4) is 0 Å². The van der Waals surface area contributed by atoms with Crippen molar-refractivity contribution in [3.63, 3.8) is 0 Å². The summed E-state index contributed by atoms with van der Waals surface area (Å²) in [5.74, 6) is 0.957. The fourth-order valence-electron chi connectivity index (χ4n) is 3.67. The van der Waals surface area contributed by atoms with Crippen LogP contribution in [0.4, 0.5) is 4.79 Å². The van der Waals surface area contributed by atoms with Gasteiger partial charge in [-0.1, -0.05) is 66.7 Å². The molecule has 0 bridgehead atoms. The van der Waals surface area contributed by atoms with E-state index in [4.69, 9.17) is 4.52 Å². The topological polar surface area (TPSA) is 71.3 Å². The Morgan fingerprint density at radius 2 is 1.79 bits per heavy atom. The van der Waals surface area contributed by atoms with E-state index in [1.54, 1.807) is 4.90 Å². The van der Waals surface area contributed by atoms with Crippen LogP contribution in [0.2, 0.25) is 0 Å². The highest BCUT2D eigenvalue weighted by Crippen LogP contribution is 2.37. The van der Waals surface area contributed by atoms with Crippen molar-refractivity contribution >= 4 is 11.6 Å². The molecule has 1 N–H and O–H groups in total. The second-order valence-electron chi connectivity index (χ2n) is 7.01. The summed E-state index contributed by atoms with van der Waals surface area (Å²) in [6, 6.07) is 17.5. The number of hydrogen-bond donors (Lipinski definition) is 1. The van der Waals surface area contributed by atoms with Crippen LogP contribution in [0.1, 0.15) is 43.8 Å². The van der Waals surface area contributed by atoms with Crippen LogP contribution in [0.25, 0.3) is 17.0 Å². The van der Waals surface area contributed by atoms with Crippen LogP contribution in [0, 0.1) is 0 Å². The van der Waals surface area contributed by atoms with Crippen molar-refractivity contribution in [2.75, 3.05) is 6.54 Å². The Kier molecular flexibility index (Phi) is 5.16. The maximum atomic E-state index is 12.6. The van der Waals surface area contributed by atoms with Crippen LogP contribution in [0.15, 0.2) is 64.8 Å². The molecule has 0 saturated heterocycles. The highest BCUT2D eigenvalue weighted by Gasteiger charge is 2.35. The zero-order valence-corrected chi connectivity index (χ0v) is 16.8.